The predicted molar refractivity (Wildman–Crippen MR) is 113 cm³/mol. The molecule has 1 N–H and O–H groups in total. The number of carbonyl (C=O) groups excluding carboxylic acids is 1. The molecule has 2 aliphatic carbocycles. The molecule has 2 aromatic rings. The van der Waals surface area contributed by atoms with Crippen molar-refractivity contribution in [3.8, 4) is 11.8 Å². The second kappa shape index (κ2) is 8.08. The van der Waals surface area contributed by atoms with Gasteiger partial charge in [0.2, 0.25) is 0 Å². The number of nitriles is 1. The Bertz CT molecular complexity index is 932. The molecule has 2 saturated carbocycles. The molecule has 2 fully saturated rings. The highest BCUT2D eigenvalue weighted by Gasteiger charge is 2.47. The number of halogens is 1. The molecule has 0 radical (unpaired) electrons. The molecule has 4 rings (SSSR count). The third-order valence-corrected chi connectivity index (χ3v) is 6.69. The van der Waals surface area contributed by atoms with Crippen molar-refractivity contribution < 1.29 is 9.53 Å². The van der Waals surface area contributed by atoms with Crippen molar-refractivity contribution in [3.05, 3.63) is 64.2 Å². The van der Waals surface area contributed by atoms with Gasteiger partial charge in [-0.25, -0.2) is 0 Å². The second-order valence-corrected chi connectivity index (χ2v) is 8.92. The van der Waals surface area contributed by atoms with E-state index in [1.165, 1.54) is 0 Å². The molecule has 5 heteroatoms. The Morgan fingerprint density at radius 2 is 1.86 bits per heavy atom. The molecule has 0 aromatic heterocycles. The highest BCUT2D eigenvalue weighted by molar-refractivity contribution is 6.31. The summed E-state index contributed by atoms with van der Waals surface area (Å²) in [5, 5.41) is 12.6. The lowest BCUT2D eigenvalue weighted by Gasteiger charge is -2.51. The van der Waals surface area contributed by atoms with E-state index in [0.29, 0.717) is 16.0 Å². The summed E-state index contributed by atoms with van der Waals surface area (Å²) in [5.41, 5.74) is 2.71. The summed E-state index contributed by atoms with van der Waals surface area (Å²) in [5.74, 6) is 0.756. The van der Waals surface area contributed by atoms with Gasteiger partial charge in [-0.15, -0.1) is 0 Å². The van der Waals surface area contributed by atoms with E-state index in [0.717, 1.165) is 55.4 Å². The Hall–Kier alpha value is -2.51. The van der Waals surface area contributed by atoms with Gasteiger partial charge in [-0.05, 0) is 75.1 Å². The van der Waals surface area contributed by atoms with Gasteiger partial charge in [0.1, 0.15) is 11.8 Å². The lowest BCUT2D eigenvalue weighted by atomic mass is 9.58. The molecule has 4 nitrogen and oxygen atoms in total. The molecule has 0 heterocycles. The maximum atomic E-state index is 12.4. The van der Waals surface area contributed by atoms with Gasteiger partial charge < -0.3 is 10.1 Å². The summed E-state index contributed by atoms with van der Waals surface area (Å²) in [6.45, 7) is 2.02. The van der Waals surface area contributed by atoms with Crippen LogP contribution in [0.15, 0.2) is 42.5 Å². The van der Waals surface area contributed by atoms with Crippen LogP contribution in [0, 0.1) is 23.7 Å². The van der Waals surface area contributed by atoms with E-state index >= 15 is 0 Å². The van der Waals surface area contributed by atoms with E-state index in [1.54, 1.807) is 12.1 Å². The largest absolute Gasteiger partial charge is 0.490 e. The molecule has 29 heavy (non-hydrogen) atoms. The van der Waals surface area contributed by atoms with Gasteiger partial charge in [-0.2, -0.15) is 5.26 Å². The van der Waals surface area contributed by atoms with Gasteiger partial charge in [-0.1, -0.05) is 29.3 Å². The van der Waals surface area contributed by atoms with Crippen LogP contribution >= 0.6 is 11.6 Å². The van der Waals surface area contributed by atoms with Crippen LogP contribution in [-0.4, -0.2) is 18.1 Å². The number of aryl methyl sites for hydroxylation is 1. The summed E-state index contributed by atoms with van der Waals surface area (Å²) in [6, 6.07) is 15.3. The number of hydrogen-bond donors (Lipinski definition) is 1. The molecule has 0 bridgehead atoms. The van der Waals surface area contributed by atoms with E-state index in [-0.39, 0.29) is 18.1 Å². The summed E-state index contributed by atoms with van der Waals surface area (Å²) in [4.78, 5) is 12.4. The third kappa shape index (κ3) is 4.41. The number of carbonyl (C=O) groups is 1. The number of benzene rings is 2. The highest BCUT2D eigenvalue weighted by atomic mass is 35.5. The van der Waals surface area contributed by atoms with Gasteiger partial charge in [0.05, 0.1) is 16.7 Å². The molecule has 150 valence electrons. The Balaban J connectivity index is 1.24. The van der Waals surface area contributed by atoms with E-state index < -0.39 is 0 Å². The fourth-order valence-corrected chi connectivity index (χ4v) is 4.81. The van der Waals surface area contributed by atoms with Crippen LogP contribution in [0.2, 0.25) is 5.02 Å². The average molecular weight is 409 g/mol. The van der Waals surface area contributed by atoms with Crippen molar-refractivity contribution in [2.24, 2.45) is 5.41 Å². The van der Waals surface area contributed by atoms with Crippen molar-refractivity contribution in [2.45, 2.75) is 57.6 Å². The van der Waals surface area contributed by atoms with E-state index in [1.807, 2.05) is 37.3 Å². The maximum absolute atomic E-state index is 12.4. The average Bonchev–Trinajstić information content (AvgIpc) is 2.69. The number of nitrogens with one attached hydrogen (secondary N) is 1. The monoisotopic (exact) mass is 408 g/mol. The van der Waals surface area contributed by atoms with Crippen LogP contribution < -0.4 is 10.1 Å². The molecule has 0 atom stereocenters. The van der Waals surface area contributed by atoms with Crippen molar-refractivity contribution in [2.75, 3.05) is 0 Å². The lowest BCUT2D eigenvalue weighted by molar-refractivity contribution is -0.0437. The van der Waals surface area contributed by atoms with Gasteiger partial charge >= 0.3 is 0 Å². The number of ether oxygens (including phenoxy) is 1. The van der Waals surface area contributed by atoms with Crippen molar-refractivity contribution in [1.82, 2.24) is 5.32 Å². The van der Waals surface area contributed by atoms with Crippen LogP contribution in [0.3, 0.4) is 0 Å². The standard InChI is InChI=1S/C24H25ClN2O2/c1-16-2-4-17(5-3-16)23(28)27-19-8-10-24(11-9-19)13-21(14-24)29-20-7-6-18(15-26)22(25)12-20/h2-7,12,19,21H,8-11,13-14H2,1H3,(H,27,28). The van der Waals surface area contributed by atoms with Crippen LogP contribution in [0.25, 0.3) is 0 Å². The van der Waals surface area contributed by atoms with E-state index in [2.05, 4.69) is 11.4 Å². The smallest absolute Gasteiger partial charge is 0.251 e. The van der Waals surface area contributed by atoms with Crippen LogP contribution in [0.5, 0.6) is 5.75 Å². The van der Waals surface area contributed by atoms with Gasteiger partial charge in [0, 0.05) is 17.7 Å². The van der Waals surface area contributed by atoms with Gasteiger partial charge in [-0.3, -0.25) is 4.79 Å². The number of hydrogen-bond acceptors (Lipinski definition) is 3. The fraction of sp³-hybridized carbons (Fsp3) is 0.417. The molecule has 2 aromatic carbocycles. The van der Waals surface area contributed by atoms with Crippen LogP contribution in [0.1, 0.15) is 60.0 Å². The predicted octanol–water partition coefficient (Wildman–Crippen LogP) is 5.42. The molecule has 1 spiro atoms. The van der Waals surface area contributed by atoms with Crippen molar-refractivity contribution in [3.63, 3.8) is 0 Å². The molecule has 0 aliphatic heterocycles. The zero-order valence-corrected chi connectivity index (χ0v) is 17.3. The minimum absolute atomic E-state index is 0.0264. The first kappa shape index (κ1) is 19.8. The molecule has 0 unspecified atom stereocenters. The highest BCUT2D eigenvalue weighted by Crippen LogP contribution is 2.52. The van der Waals surface area contributed by atoms with Crippen LogP contribution in [-0.2, 0) is 0 Å². The number of nitrogens with zero attached hydrogens (tertiary/aromatic N) is 1. The zero-order valence-electron chi connectivity index (χ0n) is 16.6. The summed E-state index contributed by atoms with van der Waals surface area (Å²) in [6.07, 6.45) is 6.59. The first-order valence-electron chi connectivity index (χ1n) is 10.2. The molecular weight excluding hydrogens is 384 g/mol. The van der Waals surface area contributed by atoms with Gasteiger partial charge in [0.25, 0.3) is 5.91 Å². The zero-order chi connectivity index (χ0) is 20.4. The van der Waals surface area contributed by atoms with Crippen molar-refractivity contribution in [1.29, 1.82) is 5.26 Å². The first-order valence-corrected chi connectivity index (χ1v) is 10.6. The topological polar surface area (TPSA) is 62.1 Å². The molecule has 1 amide bonds. The molecule has 0 saturated heterocycles. The second-order valence-electron chi connectivity index (χ2n) is 8.52. The SMILES string of the molecule is Cc1ccc(C(=O)NC2CCC3(CC2)CC(Oc2ccc(C#N)c(Cl)c2)C3)cc1. The Kier molecular flexibility index (Phi) is 5.52. The van der Waals surface area contributed by atoms with E-state index in [9.17, 15) is 4.79 Å². The van der Waals surface area contributed by atoms with Gasteiger partial charge in [0.15, 0.2) is 0 Å². The normalized spacial score (nSPS) is 25.7. The fourth-order valence-electron chi connectivity index (χ4n) is 4.60. The Morgan fingerprint density at radius 3 is 2.48 bits per heavy atom. The summed E-state index contributed by atoms with van der Waals surface area (Å²) >= 11 is 6.09. The minimum Gasteiger partial charge on any atom is -0.490 e. The number of rotatable bonds is 4. The third-order valence-electron chi connectivity index (χ3n) is 6.38. The lowest BCUT2D eigenvalue weighted by Crippen LogP contribution is -2.49. The first-order chi connectivity index (χ1) is 14.0. The molecular formula is C24H25ClN2O2. The summed E-state index contributed by atoms with van der Waals surface area (Å²) < 4.78 is 6.05. The maximum Gasteiger partial charge on any atom is 0.251 e. The number of amides is 1. The van der Waals surface area contributed by atoms with E-state index in [4.69, 9.17) is 21.6 Å². The Labute approximate surface area is 176 Å². The quantitative estimate of drug-likeness (QED) is 0.734. The van der Waals surface area contributed by atoms with Crippen LogP contribution in [0.4, 0.5) is 0 Å². The van der Waals surface area contributed by atoms with Crippen molar-refractivity contribution >= 4 is 17.5 Å². The Morgan fingerprint density at radius 1 is 1.17 bits per heavy atom. The molecule has 2 aliphatic rings. The minimum atomic E-state index is 0.0264. The summed E-state index contributed by atoms with van der Waals surface area (Å²) in [7, 11) is 0.